The number of carbonyl (C=O) groups excluding carboxylic acids is 2. The van der Waals surface area contributed by atoms with Gasteiger partial charge in [0, 0.05) is 64.0 Å². The second-order valence-electron chi connectivity index (χ2n) is 11.5. The summed E-state index contributed by atoms with van der Waals surface area (Å²) in [6.07, 6.45) is 5.34. The Balaban J connectivity index is 1.97. The Labute approximate surface area is 252 Å². The van der Waals surface area contributed by atoms with Gasteiger partial charge in [-0.15, -0.1) is 0 Å². The highest BCUT2D eigenvalue weighted by Gasteiger charge is 2.48. The fourth-order valence-electron chi connectivity index (χ4n) is 5.75. The first kappa shape index (κ1) is 33.8. The van der Waals surface area contributed by atoms with Gasteiger partial charge in [-0.3, -0.25) is 9.59 Å². The number of amides is 2. The number of hydrogen-bond acceptors (Lipinski definition) is 7. The maximum atomic E-state index is 14.2. The number of nitrogens with zero attached hydrogens (tertiary/aromatic N) is 4. The van der Waals surface area contributed by atoms with E-state index in [9.17, 15) is 23.5 Å². The second-order valence-corrected chi connectivity index (χ2v) is 11.5. The zero-order chi connectivity index (χ0) is 31.7. The normalized spacial score (nSPS) is 18.0. The number of hydrogen-bond donors (Lipinski definition) is 3. The van der Waals surface area contributed by atoms with Crippen molar-refractivity contribution in [1.82, 2.24) is 20.2 Å². The molecule has 43 heavy (non-hydrogen) atoms. The van der Waals surface area contributed by atoms with E-state index >= 15 is 0 Å². The zero-order valence-corrected chi connectivity index (χ0v) is 25.7. The van der Waals surface area contributed by atoms with Gasteiger partial charge in [0.15, 0.2) is 0 Å². The van der Waals surface area contributed by atoms with Crippen molar-refractivity contribution in [2.24, 2.45) is 17.1 Å². The van der Waals surface area contributed by atoms with Crippen molar-refractivity contribution < 1.29 is 23.5 Å². The third-order valence-corrected chi connectivity index (χ3v) is 7.64. The van der Waals surface area contributed by atoms with Crippen molar-refractivity contribution in [3.05, 3.63) is 76.7 Å². The molecular formula is C32H44F2N6O3. The number of aromatic nitrogens is 2. The SMILES string of the molecule is CCCN(CCC)C(=O)C1=CC(C)=CC(C(N)=O)([C@H](Cc2cc(F)cc(F)c2)[C@@H](O)CNCc2ccnc(N(C)C)n2)C1. The molecule has 1 aromatic carbocycles. The molecule has 0 bridgehead atoms. The van der Waals surface area contributed by atoms with Crippen LogP contribution in [0.15, 0.2) is 53.8 Å². The molecule has 1 heterocycles. The highest BCUT2D eigenvalue weighted by atomic mass is 19.1. The second kappa shape index (κ2) is 15.2. The van der Waals surface area contributed by atoms with E-state index in [1.807, 2.05) is 27.9 Å². The van der Waals surface area contributed by atoms with E-state index in [4.69, 9.17) is 5.73 Å². The Morgan fingerprint density at radius 1 is 1.14 bits per heavy atom. The molecular weight excluding hydrogens is 554 g/mol. The average molecular weight is 599 g/mol. The molecule has 0 saturated carbocycles. The van der Waals surface area contributed by atoms with Gasteiger partial charge in [0.1, 0.15) is 11.6 Å². The summed E-state index contributed by atoms with van der Waals surface area (Å²) in [7, 11) is 3.66. The van der Waals surface area contributed by atoms with Crippen LogP contribution in [0.1, 0.15) is 51.3 Å². The molecule has 1 aliphatic carbocycles. The van der Waals surface area contributed by atoms with Crippen LogP contribution in [0.5, 0.6) is 0 Å². The molecule has 3 rings (SSSR count). The monoisotopic (exact) mass is 598 g/mol. The minimum atomic E-state index is -1.50. The minimum Gasteiger partial charge on any atom is -0.391 e. The van der Waals surface area contributed by atoms with E-state index in [0.29, 0.717) is 42.4 Å². The molecule has 11 heteroatoms. The minimum absolute atomic E-state index is 0.0243. The quantitative estimate of drug-likeness (QED) is 0.287. The maximum Gasteiger partial charge on any atom is 0.249 e. The van der Waals surface area contributed by atoms with E-state index in [2.05, 4.69) is 15.3 Å². The number of primary amides is 1. The van der Waals surface area contributed by atoms with E-state index in [1.165, 1.54) is 12.1 Å². The smallest absolute Gasteiger partial charge is 0.249 e. The first-order valence-corrected chi connectivity index (χ1v) is 14.7. The number of rotatable bonds is 15. The predicted molar refractivity (Wildman–Crippen MR) is 163 cm³/mol. The van der Waals surface area contributed by atoms with Gasteiger partial charge < -0.3 is 26.0 Å². The van der Waals surface area contributed by atoms with Crippen molar-refractivity contribution in [2.45, 2.75) is 59.1 Å². The molecule has 234 valence electrons. The van der Waals surface area contributed by atoms with Crippen molar-refractivity contribution in [3.63, 3.8) is 0 Å². The summed E-state index contributed by atoms with van der Waals surface area (Å²) in [6.45, 7) is 7.20. The summed E-state index contributed by atoms with van der Waals surface area (Å²) in [6, 6.07) is 4.88. The molecule has 1 unspecified atom stereocenters. The fraction of sp³-hybridized carbons (Fsp3) is 0.500. The van der Waals surface area contributed by atoms with Crippen LogP contribution in [0.2, 0.25) is 0 Å². The Morgan fingerprint density at radius 3 is 2.37 bits per heavy atom. The molecule has 1 aliphatic rings. The van der Waals surface area contributed by atoms with Crippen LogP contribution < -0.4 is 16.0 Å². The largest absolute Gasteiger partial charge is 0.391 e. The topological polar surface area (TPSA) is 125 Å². The standard InChI is InChI=1S/C32H44F2N6O3/c1-6-10-40(11-7-2)29(42)23-12-21(3)17-32(18-23,30(35)43)27(15-22-13-24(33)16-25(34)14-22)28(41)20-36-19-26-8-9-37-31(38-26)39(4)5/h8-9,12-14,16-17,27-28,36,41H,6-7,10-11,15,18-20H2,1-5H3,(H2,35,43)/t27-,28+,32?/m1/s1. The molecule has 1 aromatic heterocycles. The molecule has 0 aliphatic heterocycles. The third kappa shape index (κ3) is 8.67. The number of aliphatic hydroxyl groups excluding tert-OH is 1. The summed E-state index contributed by atoms with van der Waals surface area (Å²) in [5.41, 5.74) is 6.62. The summed E-state index contributed by atoms with van der Waals surface area (Å²) >= 11 is 0. The Kier molecular flexibility index (Phi) is 11.9. The van der Waals surface area contributed by atoms with Crippen LogP contribution >= 0.6 is 0 Å². The summed E-state index contributed by atoms with van der Waals surface area (Å²) < 4.78 is 28.5. The van der Waals surface area contributed by atoms with Gasteiger partial charge in [-0.25, -0.2) is 18.7 Å². The van der Waals surface area contributed by atoms with Crippen LogP contribution in [0.4, 0.5) is 14.7 Å². The third-order valence-electron chi connectivity index (χ3n) is 7.64. The van der Waals surface area contributed by atoms with Crippen molar-refractivity contribution in [1.29, 1.82) is 0 Å². The summed E-state index contributed by atoms with van der Waals surface area (Å²) in [5, 5.41) is 14.8. The lowest BCUT2D eigenvalue weighted by Gasteiger charge is -2.42. The van der Waals surface area contributed by atoms with Gasteiger partial charge >= 0.3 is 0 Å². The Hall–Kier alpha value is -3.70. The van der Waals surface area contributed by atoms with E-state index < -0.39 is 35.0 Å². The highest BCUT2D eigenvalue weighted by molar-refractivity contribution is 5.97. The van der Waals surface area contributed by atoms with Gasteiger partial charge in [0.2, 0.25) is 17.8 Å². The van der Waals surface area contributed by atoms with Gasteiger partial charge in [0.05, 0.1) is 17.2 Å². The number of nitrogens with two attached hydrogens (primary N) is 1. The number of nitrogens with one attached hydrogen (secondary N) is 1. The molecule has 2 aromatic rings. The lowest BCUT2D eigenvalue weighted by atomic mass is 9.63. The average Bonchev–Trinajstić information content (AvgIpc) is 2.94. The molecule has 0 fully saturated rings. The summed E-state index contributed by atoms with van der Waals surface area (Å²) in [5.74, 6) is -2.84. The van der Waals surface area contributed by atoms with Crippen LogP contribution in [0, 0.1) is 23.0 Å². The van der Waals surface area contributed by atoms with Gasteiger partial charge in [0.25, 0.3) is 0 Å². The number of anilines is 1. The number of halogens is 2. The van der Waals surface area contributed by atoms with Crippen molar-refractivity contribution in [3.8, 4) is 0 Å². The number of benzene rings is 1. The summed E-state index contributed by atoms with van der Waals surface area (Å²) in [4.78, 5) is 39.3. The first-order chi connectivity index (χ1) is 20.4. The molecule has 0 radical (unpaired) electrons. The Bertz CT molecular complexity index is 1320. The maximum absolute atomic E-state index is 14.2. The Morgan fingerprint density at radius 2 is 1.79 bits per heavy atom. The van der Waals surface area contributed by atoms with Crippen LogP contribution in [0.3, 0.4) is 0 Å². The van der Waals surface area contributed by atoms with Crippen LogP contribution in [-0.2, 0) is 22.6 Å². The highest BCUT2D eigenvalue weighted by Crippen LogP contribution is 2.44. The molecule has 4 N–H and O–H groups in total. The van der Waals surface area contributed by atoms with Crippen LogP contribution in [-0.4, -0.2) is 71.6 Å². The fourth-order valence-corrected chi connectivity index (χ4v) is 5.75. The van der Waals surface area contributed by atoms with E-state index in [1.54, 1.807) is 41.1 Å². The number of aliphatic hydroxyl groups is 1. The molecule has 0 spiro atoms. The molecule has 9 nitrogen and oxygen atoms in total. The molecule has 0 saturated heterocycles. The molecule has 3 atom stereocenters. The lowest BCUT2D eigenvalue weighted by molar-refractivity contribution is -0.132. The number of allylic oxidation sites excluding steroid dienone is 2. The lowest BCUT2D eigenvalue weighted by Crippen LogP contribution is -2.51. The van der Waals surface area contributed by atoms with Gasteiger partial charge in [-0.2, -0.15) is 0 Å². The van der Waals surface area contributed by atoms with E-state index in [-0.39, 0.29) is 30.9 Å². The van der Waals surface area contributed by atoms with Crippen molar-refractivity contribution >= 4 is 17.8 Å². The van der Waals surface area contributed by atoms with E-state index in [0.717, 1.165) is 18.9 Å². The van der Waals surface area contributed by atoms with Crippen LogP contribution in [0.25, 0.3) is 0 Å². The van der Waals surface area contributed by atoms with Gasteiger partial charge in [-0.05, 0) is 56.4 Å². The molecule has 2 amide bonds. The van der Waals surface area contributed by atoms with Gasteiger partial charge in [-0.1, -0.05) is 31.6 Å². The number of carbonyl (C=O) groups is 2. The predicted octanol–water partition coefficient (Wildman–Crippen LogP) is 3.53. The van der Waals surface area contributed by atoms with Crippen molar-refractivity contribution in [2.75, 3.05) is 38.6 Å². The zero-order valence-electron chi connectivity index (χ0n) is 25.7. The first-order valence-electron chi connectivity index (χ1n) is 14.7.